The molecule has 0 spiro atoms. The Kier molecular flexibility index (Phi) is 6.44. The molecule has 0 amide bonds. The molecule has 1 fully saturated rings. The van der Waals surface area contributed by atoms with Crippen LogP contribution >= 0.6 is 0 Å². The number of H-pyrrole nitrogens is 1. The number of aromatic amines is 1. The zero-order valence-corrected chi connectivity index (χ0v) is 14.7. The van der Waals surface area contributed by atoms with Crippen molar-refractivity contribution in [3.63, 3.8) is 0 Å². The highest BCUT2D eigenvalue weighted by atomic mass is 16.5. The standard InChI is InChI=1S/C19H27N3O3/c1-24-19-5-3-2-4-16(19)13-25-14-17(23)12-22-10-7-15(8-11-22)18-6-9-20-21-18/h2-6,9,15,17,23H,7-8,10-14H2,1H3,(H,20,21)/t17-/m1/s1. The molecule has 0 radical (unpaired) electrons. The molecule has 0 unspecified atom stereocenters. The minimum atomic E-state index is -0.474. The van der Waals surface area contributed by atoms with Crippen molar-refractivity contribution in [3.05, 3.63) is 47.8 Å². The fourth-order valence-corrected chi connectivity index (χ4v) is 3.40. The second-order valence-electron chi connectivity index (χ2n) is 6.57. The number of nitrogens with zero attached hydrogens (tertiary/aromatic N) is 2. The lowest BCUT2D eigenvalue weighted by atomic mass is 9.93. The van der Waals surface area contributed by atoms with Crippen molar-refractivity contribution in [1.82, 2.24) is 15.1 Å². The van der Waals surface area contributed by atoms with Gasteiger partial charge >= 0.3 is 0 Å². The van der Waals surface area contributed by atoms with Crippen LogP contribution in [0.3, 0.4) is 0 Å². The lowest BCUT2D eigenvalue weighted by molar-refractivity contribution is 0.00570. The molecule has 1 saturated heterocycles. The lowest BCUT2D eigenvalue weighted by Gasteiger charge is -2.32. The summed E-state index contributed by atoms with van der Waals surface area (Å²) in [5.74, 6) is 1.37. The average Bonchev–Trinajstić information content (AvgIpc) is 3.17. The molecule has 0 aliphatic carbocycles. The average molecular weight is 345 g/mol. The topological polar surface area (TPSA) is 70.6 Å². The Hall–Kier alpha value is -1.89. The number of aromatic nitrogens is 2. The summed E-state index contributed by atoms with van der Waals surface area (Å²) in [6, 6.07) is 9.84. The van der Waals surface area contributed by atoms with Gasteiger partial charge in [-0.15, -0.1) is 0 Å². The van der Waals surface area contributed by atoms with Crippen molar-refractivity contribution >= 4 is 0 Å². The summed E-state index contributed by atoms with van der Waals surface area (Å²) in [7, 11) is 1.65. The summed E-state index contributed by atoms with van der Waals surface area (Å²) in [6.07, 6.45) is 3.52. The van der Waals surface area contributed by atoms with E-state index in [9.17, 15) is 5.11 Å². The van der Waals surface area contributed by atoms with Crippen LogP contribution in [0.2, 0.25) is 0 Å². The van der Waals surface area contributed by atoms with Crippen molar-refractivity contribution in [3.8, 4) is 5.75 Å². The van der Waals surface area contributed by atoms with Crippen LogP contribution in [0.4, 0.5) is 0 Å². The molecule has 1 aromatic carbocycles. The van der Waals surface area contributed by atoms with Crippen LogP contribution in [-0.2, 0) is 11.3 Å². The summed E-state index contributed by atoms with van der Waals surface area (Å²) in [6.45, 7) is 3.42. The van der Waals surface area contributed by atoms with Crippen LogP contribution in [0.25, 0.3) is 0 Å². The lowest BCUT2D eigenvalue weighted by Crippen LogP contribution is -2.39. The summed E-state index contributed by atoms with van der Waals surface area (Å²) in [5, 5.41) is 17.3. The molecule has 1 atom stereocenters. The van der Waals surface area contributed by atoms with Gasteiger partial charge in [0.05, 0.1) is 26.4 Å². The van der Waals surface area contributed by atoms with Gasteiger partial charge in [0.1, 0.15) is 5.75 Å². The number of likely N-dealkylation sites (tertiary alicyclic amines) is 1. The van der Waals surface area contributed by atoms with E-state index in [1.54, 1.807) is 7.11 Å². The van der Waals surface area contributed by atoms with Gasteiger partial charge in [-0.1, -0.05) is 18.2 Å². The normalized spacial score (nSPS) is 17.5. The first-order valence-corrected chi connectivity index (χ1v) is 8.85. The van der Waals surface area contributed by atoms with E-state index in [1.165, 1.54) is 5.69 Å². The Bertz CT molecular complexity index is 625. The van der Waals surface area contributed by atoms with E-state index in [2.05, 4.69) is 21.2 Å². The van der Waals surface area contributed by atoms with Gasteiger partial charge in [0.15, 0.2) is 0 Å². The Morgan fingerprint density at radius 2 is 2.08 bits per heavy atom. The van der Waals surface area contributed by atoms with Crippen molar-refractivity contribution in [2.75, 3.05) is 33.4 Å². The van der Waals surface area contributed by atoms with Gasteiger partial charge in [-0.05, 0) is 38.1 Å². The number of ether oxygens (including phenoxy) is 2. The van der Waals surface area contributed by atoms with Gasteiger partial charge in [-0.25, -0.2) is 0 Å². The van der Waals surface area contributed by atoms with E-state index >= 15 is 0 Å². The van der Waals surface area contributed by atoms with Crippen LogP contribution in [0.5, 0.6) is 5.75 Å². The molecule has 2 N–H and O–H groups in total. The fourth-order valence-electron chi connectivity index (χ4n) is 3.40. The van der Waals surface area contributed by atoms with E-state index in [1.807, 2.05) is 30.5 Å². The van der Waals surface area contributed by atoms with Crippen LogP contribution in [-0.4, -0.2) is 59.7 Å². The van der Waals surface area contributed by atoms with E-state index < -0.39 is 6.10 Å². The molecule has 0 saturated carbocycles. The first-order chi connectivity index (χ1) is 12.3. The number of benzene rings is 1. The highest BCUT2D eigenvalue weighted by molar-refractivity contribution is 5.32. The Morgan fingerprint density at radius 3 is 2.80 bits per heavy atom. The number of β-amino-alcohol motifs (C(OH)–C–C–N with tert-alkyl or cyclic N) is 1. The van der Waals surface area contributed by atoms with E-state index in [4.69, 9.17) is 9.47 Å². The summed E-state index contributed by atoms with van der Waals surface area (Å²) < 4.78 is 11.0. The smallest absolute Gasteiger partial charge is 0.124 e. The minimum Gasteiger partial charge on any atom is -0.496 e. The number of hydrogen-bond acceptors (Lipinski definition) is 5. The number of para-hydroxylation sites is 1. The van der Waals surface area contributed by atoms with Gasteiger partial charge in [0.2, 0.25) is 0 Å². The van der Waals surface area contributed by atoms with Gasteiger partial charge in [-0.3, -0.25) is 5.10 Å². The quantitative estimate of drug-likeness (QED) is 0.767. The molecule has 1 aromatic heterocycles. The second kappa shape index (κ2) is 8.99. The third-order valence-electron chi connectivity index (χ3n) is 4.78. The maximum absolute atomic E-state index is 10.2. The Morgan fingerprint density at radius 1 is 1.28 bits per heavy atom. The molecular formula is C19H27N3O3. The molecule has 0 bridgehead atoms. The highest BCUT2D eigenvalue weighted by Gasteiger charge is 2.22. The Labute approximate surface area is 148 Å². The number of piperidine rings is 1. The number of nitrogens with one attached hydrogen (secondary N) is 1. The molecule has 25 heavy (non-hydrogen) atoms. The number of methoxy groups -OCH3 is 1. The molecule has 6 heteroatoms. The van der Waals surface area contributed by atoms with E-state index in [-0.39, 0.29) is 0 Å². The minimum absolute atomic E-state index is 0.332. The van der Waals surface area contributed by atoms with Crippen molar-refractivity contribution < 1.29 is 14.6 Å². The van der Waals surface area contributed by atoms with Crippen molar-refractivity contribution in [2.45, 2.75) is 31.5 Å². The number of hydrogen-bond donors (Lipinski definition) is 2. The van der Waals surface area contributed by atoms with Gasteiger partial charge in [0, 0.05) is 29.9 Å². The fraction of sp³-hybridized carbons (Fsp3) is 0.526. The molecule has 1 aliphatic rings. The highest BCUT2D eigenvalue weighted by Crippen LogP contribution is 2.26. The maximum atomic E-state index is 10.2. The zero-order chi connectivity index (χ0) is 17.5. The van der Waals surface area contributed by atoms with Gasteiger partial charge < -0.3 is 19.5 Å². The third-order valence-corrected chi connectivity index (χ3v) is 4.78. The van der Waals surface area contributed by atoms with E-state index in [0.29, 0.717) is 25.7 Å². The molecule has 1 aliphatic heterocycles. The first kappa shape index (κ1) is 17.9. The second-order valence-corrected chi connectivity index (χ2v) is 6.57. The number of aliphatic hydroxyl groups is 1. The summed E-state index contributed by atoms with van der Waals surface area (Å²) >= 11 is 0. The zero-order valence-electron chi connectivity index (χ0n) is 14.7. The molecule has 2 heterocycles. The van der Waals surface area contributed by atoms with E-state index in [0.717, 1.165) is 37.2 Å². The molecular weight excluding hydrogens is 318 g/mol. The maximum Gasteiger partial charge on any atom is 0.124 e. The monoisotopic (exact) mass is 345 g/mol. The van der Waals surface area contributed by atoms with Gasteiger partial charge in [-0.2, -0.15) is 5.10 Å². The summed E-state index contributed by atoms with van der Waals surface area (Å²) in [5.41, 5.74) is 2.22. The molecule has 6 nitrogen and oxygen atoms in total. The van der Waals surface area contributed by atoms with Crippen LogP contribution in [0.15, 0.2) is 36.5 Å². The molecule has 2 aromatic rings. The van der Waals surface area contributed by atoms with Crippen molar-refractivity contribution in [1.29, 1.82) is 0 Å². The van der Waals surface area contributed by atoms with Crippen molar-refractivity contribution in [2.24, 2.45) is 0 Å². The first-order valence-electron chi connectivity index (χ1n) is 8.85. The van der Waals surface area contributed by atoms with Crippen LogP contribution in [0, 0.1) is 0 Å². The summed E-state index contributed by atoms with van der Waals surface area (Å²) in [4.78, 5) is 2.31. The predicted molar refractivity (Wildman–Crippen MR) is 95.7 cm³/mol. The number of aliphatic hydroxyl groups excluding tert-OH is 1. The largest absolute Gasteiger partial charge is 0.496 e. The third kappa shape index (κ3) is 5.04. The SMILES string of the molecule is COc1ccccc1COC[C@H](O)CN1CCC(c2ccn[nH]2)CC1. The van der Waals surface area contributed by atoms with Gasteiger partial charge in [0.25, 0.3) is 0 Å². The predicted octanol–water partition coefficient (Wildman–Crippen LogP) is 2.18. The van der Waals surface area contributed by atoms with Crippen LogP contribution < -0.4 is 4.74 Å². The number of rotatable bonds is 8. The molecule has 136 valence electrons. The van der Waals surface area contributed by atoms with Crippen LogP contribution in [0.1, 0.15) is 30.0 Å². The Balaban J connectivity index is 1.36. The molecule has 3 rings (SSSR count).